The molecule has 1 atom stereocenters. The zero-order chi connectivity index (χ0) is 10.4. The number of hydrogen-bond donors (Lipinski definition) is 1. The Morgan fingerprint density at radius 1 is 1.57 bits per heavy atom. The zero-order valence-corrected chi connectivity index (χ0v) is 10.2. The summed E-state index contributed by atoms with van der Waals surface area (Å²) in [4.78, 5) is 6.73. The van der Waals surface area contributed by atoms with E-state index in [1.807, 2.05) is 11.8 Å². The lowest BCUT2D eigenvalue weighted by atomic mass is 10.3. The van der Waals surface area contributed by atoms with Gasteiger partial charge in [0.1, 0.15) is 0 Å². The van der Waals surface area contributed by atoms with E-state index >= 15 is 0 Å². The van der Waals surface area contributed by atoms with E-state index in [1.165, 1.54) is 12.2 Å². The molecule has 1 saturated heterocycles. The van der Waals surface area contributed by atoms with Gasteiger partial charge in [0, 0.05) is 18.3 Å². The quantitative estimate of drug-likeness (QED) is 0.703. The summed E-state index contributed by atoms with van der Waals surface area (Å²) in [6.45, 7) is 4.29. The van der Waals surface area contributed by atoms with Gasteiger partial charge >= 0.3 is 0 Å². The minimum atomic E-state index is 0.646. The maximum Gasteiger partial charge on any atom is 0.156 e. The van der Waals surface area contributed by atoms with Gasteiger partial charge in [-0.2, -0.15) is 0 Å². The molecule has 1 heterocycles. The summed E-state index contributed by atoms with van der Waals surface area (Å²) in [7, 11) is 4.20. The summed E-state index contributed by atoms with van der Waals surface area (Å²) < 4.78 is 0. The van der Waals surface area contributed by atoms with Gasteiger partial charge < -0.3 is 10.2 Å². The highest BCUT2D eigenvalue weighted by Crippen LogP contribution is 2.15. The largest absolute Gasteiger partial charge is 0.361 e. The number of thioether (sulfide) groups is 1. The minimum Gasteiger partial charge on any atom is -0.361 e. The second-order valence-electron chi connectivity index (χ2n) is 3.90. The number of rotatable bonds is 5. The van der Waals surface area contributed by atoms with Crippen LogP contribution in [0.15, 0.2) is 4.99 Å². The van der Waals surface area contributed by atoms with E-state index in [2.05, 4.69) is 36.2 Å². The molecule has 1 aliphatic rings. The van der Waals surface area contributed by atoms with E-state index < -0.39 is 0 Å². The fourth-order valence-corrected chi connectivity index (χ4v) is 2.43. The van der Waals surface area contributed by atoms with E-state index in [1.54, 1.807) is 0 Å². The van der Waals surface area contributed by atoms with Gasteiger partial charge in [-0.25, -0.2) is 0 Å². The molecule has 0 aliphatic carbocycles. The molecule has 0 bridgehead atoms. The Kier molecular flexibility index (Phi) is 5.33. The number of hydrogen-bond acceptors (Lipinski definition) is 3. The fourth-order valence-electron chi connectivity index (χ4n) is 1.32. The molecule has 0 saturated carbocycles. The van der Waals surface area contributed by atoms with E-state index in [0.29, 0.717) is 6.04 Å². The van der Waals surface area contributed by atoms with Gasteiger partial charge in [0.25, 0.3) is 0 Å². The zero-order valence-electron chi connectivity index (χ0n) is 9.42. The molecule has 4 heteroatoms. The van der Waals surface area contributed by atoms with Crippen molar-refractivity contribution >= 4 is 16.9 Å². The molecule has 1 N–H and O–H groups in total. The first-order valence-electron chi connectivity index (χ1n) is 5.31. The minimum absolute atomic E-state index is 0.646. The standard InChI is InChI=1S/C10H21N3S/c1-4-9-8-14-10(12-9)11-6-5-7-13(2)3/h9H,4-8H2,1-3H3,(H,11,12). The average molecular weight is 215 g/mol. The summed E-state index contributed by atoms with van der Waals surface area (Å²) >= 11 is 1.86. The molecule has 3 nitrogen and oxygen atoms in total. The first-order valence-corrected chi connectivity index (χ1v) is 6.29. The predicted molar refractivity (Wildman–Crippen MR) is 65.1 cm³/mol. The van der Waals surface area contributed by atoms with Crippen molar-refractivity contribution in [1.82, 2.24) is 10.2 Å². The Bertz CT molecular complexity index is 192. The van der Waals surface area contributed by atoms with Crippen LogP contribution in [0.4, 0.5) is 0 Å². The molecule has 0 aromatic carbocycles. The highest BCUT2D eigenvalue weighted by atomic mass is 32.2. The molecule has 1 aliphatic heterocycles. The lowest BCUT2D eigenvalue weighted by Crippen LogP contribution is -2.26. The Morgan fingerprint density at radius 3 is 2.93 bits per heavy atom. The third-order valence-electron chi connectivity index (χ3n) is 2.26. The Balaban J connectivity index is 2.13. The Labute approximate surface area is 91.3 Å². The topological polar surface area (TPSA) is 27.6 Å². The van der Waals surface area contributed by atoms with Gasteiger partial charge in [-0.15, -0.1) is 0 Å². The maximum atomic E-state index is 4.54. The smallest absolute Gasteiger partial charge is 0.156 e. The Morgan fingerprint density at radius 2 is 2.36 bits per heavy atom. The van der Waals surface area contributed by atoms with Crippen molar-refractivity contribution in [3.05, 3.63) is 0 Å². The molecule has 14 heavy (non-hydrogen) atoms. The van der Waals surface area contributed by atoms with E-state index in [0.717, 1.165) is 24.7 Å². The molecule has 1 rings (SSSR count). The van der Waals surface area contributed by atoms with Crippen LogP contribution in [0.25, 0.3) is 0 Å². The first-order chi connectivity index (χ1) is 6.72. The van der Waals surface area contributed by atoms with Crippen LogP contribution >= 0.6 is 11.8 Å². The molecule has 0 aromatic heterocycles. The summed E-state index contributed by atoms with van der Waals surface area (Å²) in [5.74, 6) is 1.18. The van der Waals surface area contributed by atoms with Crippen LogP contribution in [0.3, 0.4) is 0 Å². The highest BCUT2D eigenvalue weighted by Gasteiger charge is 2.17. The van der Waals surface area contributed by atoms with Gasteiger partial charge in [-0.3, -0.25) is 4.99 Å². The van der Waals surface area contributed by atoms with E-state index in [-0.39, 0.29) is 0 Å². The van der Waals surface area contributed by atoms with Crippen LogP contribution in [0, 0.1) is 0 Å². The van der Waals surface area contributed by atoms with Gasteiger partial charge in [0.15, 0.2) is 5.17 Å². The van der Waals surface area contributed by atoms with Crippen LogP contribution in [0.1, 0.15) is 19.8 Å². The van der Waals surface area contributed by atoms with Crippen molar-refractivity contribution in [2.24, 2.45) is 4.99 Å². The van der Waals surface area contributed by atoms with E-state index in [4.69, 9.17) is 0 Å². The highest BCUT2D eigenvalue weighted by molar-refractivity contribution is 8.14. The number of nitrogens with zero attached hydrogens (tertiary/aromatic N) is 2. The third-order valence-corrected chi connectivity index (χ3v) is 3.35. The third kappa shape index (κ3) is 4.33. The summed E-state index contributed by atoms with van der Waals surface area (Å²) in [6, 6.07) is 0.646. The van der Waals surface area contributed by atoms with Crippen molar-refractivity contribution in [3.8, 4) is 0 Å². The Hall–Kier alpha value is -0.220. The molecule has 0 amide bonds. The van der Waals surface area contributed by atoms with Crippen LogP contribution in [-0.2, 0) is 0 Å². The molecular weight excluding hydrogens is 194 g/mol. The van der Waals surface area contributed by atoms with Crippen molar-refractivity contribution in [3.63, 3.8) is 0 Å². The summed E-state index contributed by atoms with van der Waals surface area (Å²) in [5.41, 5.74) is 0. The van der Waals surface area contributed by atoms with Crippen LogP contribution in [0.2, 0.25) is 0 Å². The maximum absolute atomic E-state index is 4.54. The summed E-state index contributed by atoms with van der Waals surface area (Å²) in [5, 5.41) is 4.58. The van der Waals surface area contributed by atoms with Gasteiger partial charge in [0.05, 0.1) is 0 Å². The van der Waals surface area contributed by atoms with Crippen molar-refractivity contribution in [1.29, 1.82) is 0 Å². The second kappa shape index (κ2) is 6.30. The molecule has 0 radical (unpaired) electrons. The predicted octanol–water partition coefficient (Wildman–Crippen LogP) is 1.41. The molecule has 0 aromatic rings. The first kappa shape index (κ1) is 11.9. The second-order valence-corrected chi connectivity index (χ2v) is 4.91. The number of aliphatic imine (C=N–C) groups is 1. The molecule has 1 unspecified atom stereocenters. The van der Waals surface area contributed by atoms with Gasteiger partial charge in [0.2, 0.25) is 0 Å². The molecule has 1 fully saturated rings. The molecule has 0 spiro atoms. The van der Waals surface area contributed by atoms with Crippen LogP contribution in [-0.4, -0.2) is 49.0 Å². The van der Waals surface area contributed by atoms with Gasteiger partial charge in [-0.05, 0) is 33.5 Å². The lowest BCUT2D eigenvalue weighted by Gasteiger charge is -2.07. The SMILES string of the molecule is CCC1CSC(=NCCCN(C)C)N1. The number of nitrogens with one attached hydrogen (secondary N) is 1. The van der Waals surface area contributed by atoms with Crippen molar-refractivity contribution < 1.29 is 0 Å². The van der Waals surface area contributed by atoms with Crippen LogP contribution in [0.5, 0.6) is 0 Å². The normalized spacial score (nSPS) is 24.6. The van der Waals surface area contributed by atoms with E-state index in [9.17, 15) is 0 Å². The fraction of sp³-hybridized carbons (Fsp3) is 0.900. The van der Waals surface area contributed by atoms with Crippen LogP contribution < -0.4 is 5.32 Å². The average Bonchev–Trinajstić information content (AvgIpc) is 2.60. The molecule has 82 valence electrons. The summed E-state index contributed by atoms with van der Waals surface area (Å²) in [6.07, 6.45) is 2.35. The number of amidine groups is 1. The molecular formula is C10H21N3S. The van der Waals surface area contributed by atoms with Gasteiger partial charge in [-0.1, -0.05) is 18.7 Å². The van der Waals surface area contributed by atoms with Crippen molar-refractivity contribution in [2.45, 2.75) is 25.8 Å². The van der Waals surface area contributed by atoms with Crippen molar-refractivity contribution in [2.75, 3.05) is 32.9 Å². The monoisotopic (exact) mass is 215 g/mol. The lowest BCUT2D eigenvalue weighted by molar-refractivity contribution is 0.403.